The van der Waals surface area contributed by atoms with Gasteiger partial charge in [0.05, 0.1) is 12.9 Å². The molecule has 10 heteroatoms. The Morgan fingerprint density at radius 1 is 1.32 bits per heavy atom. The smallest absolute Gasteiger partial charge is 0.443 e. The molecule has 0 aliphatic heterocycles. The molecule has 9 nitrogen and oxygen atoms in total. The van der Waals surface area contributed by atoms with Gasteiger partial charge in [-0.1, -0.05) is 43.3 Å². The van der Waals surface area contributed by atoms with Gasteiger partial charge >= 0.3 is 6.09 Å². The molecule has 0 saturated carbocycles. The second-order valence-electron chi connectivity index (χ2n) is 7.12. The van der Waals surface area contributed by atoms with Gasteiger partial charge < -0.3 is 9.47 Å². The molecular weight excluding hydrogens is 420 g/mol. The quantitative estimate of drug-likeness (QED) is 0.586. The molecule has 1 aromatic heterocycles. The molecule has 2 rings (SSSR count). The molecule has 1 unspecified atom stereocenters. The first-order valence-corrected chi connectivity index (χ1v) is 11.4. The third-order valence-corrected chi connectivity index (χ3v) is 6.30. The molecule has 0 aliphatic carbocycles. The van der Waals surface area contributed by atoms with Crippen LogP contribution in [0.3, 0.4) is 0 Å². The summed E-state index contributed by atoms with van der Waals surface area (Å²) in [4.78, 5) is 25.2. The van der Waals surface area contributed by atoms with Crippen LogP contribution in [0, 0.1) is 5.92 Å². The summed E-state index contributed by atoms with van der Waals surface area (Å²) in [5, 5.41) is 4.01. The molecule has 3 atom stereocenters. The highest BCUT2D eigenvalue weighted by molar-refractivity contribution is 7.92. The minimum atomic E-state index is -3.49. The lowest BCUT2D eigenvalue weighted by Gasteiger charge is -2.16. The van der Waals surface area contributed by atoms with Crippen molar-refractivity contribution in [3.63, 3.8) is 0 Å². The van der Waals surface area contributed by atoms with E-state index >= 15 is 0 Å². The van der Waals surface area contributed by atoms with E-state index in [1.54, 1.807) is 32.2 Å². The largest absolute Gasteiger partial charge is 0.479 e. The summed E-state index contributed by atoms with van der Waals surface area (Å²) in [6, 6.07) is 9.09. The summed E-state index contributed by atoms with van der Waals surface area (Å²) >= 11 is 0. The summed E-state index contributed by atoms with van der Waals surface area (Å²) in [5.41, 5.74) is 0.844. The van der Waals surface area contributed by atoms with E-state index in [9.17, 15) is 13.8 Å². The van der Waals surface area contributed by atoms with Crippen LogP contribution in [0.5, 0.6) is 5.88 Å². The topological polar surface area (TPSA) is 112 Å². The van der Waals surface area contributed by atoms with E-state index in [0.29, 0.717) is 6.42 Å². The van der Waals surface area contributed by atoms with Gasteiger partial charge in [-0.2, -0.15) is 0 Å². The molecule has 0 bridgehead atoms. The maximum absolute atomic E-state index is 13.5. The van der Waals surface area contributed by atoms with Gasteiger partial charge in [0.2, 0.25) is 5.88 Å². The van der Waals surface area contributed by atoms with Gasteiger partial charge in [-0.05, 0) is 24.8 Å². The highest BCUT2D eigenvalue weighted by atomic mass is 32.2. The number of ether oxygens (including phenoxy) is 2. The molecule has 168 valence electrons. The van der Waals surface area contributed by atoms with E-state index < -0.39 is 28.0 Å². The highest BCUT2D eigenvalue weighted by Gasteiger charge is 2.24. The fourth-order valence-corrected chi connectivity index (χ4v) is 4.69. The first-order chi connectivity index (χ1) is 14.7. The van der Waals surface area contributed by atoms with Crippen LogP contribution >= 0.6 is 0 Å². The van der Waals surface area contributed by atoms with Crippen LogP contribution in [0.2, 0.25) is 0 Å². The number of aryl methyl sites for hydroxylation is 1. The molecule has 0 radical (unpaired) electrons. The minimum Gasteiger partial charge on any atom is -0.479 e. The zero-order chi connectivity index (χ0) is 23.0. The molecule has 31 heavy (non-hydrogen) atoms. The van der Waals surface area contributed by atoms with Gasteiger partial charge in [0.25, 0.3) is 5.91 Å². The molecule has 2 amide bonds. The molecule has 1 aromatic carbocycles. The molecule has 1 heterocycles. The van der Waals surface area contributed by atoms with E-state index in [2.05, 4.69) is 20.8 Å². The summed E-state index contributed by atoms with van der Waals surface area (Å²) in [6.07, 6.45) is 2.02. The van der Waals surface area contributed by atoms with Gasteiger partial charge in [0.15, 0.2) is 0 Å². The fourth-order valence-electron chi connectivity index (χ4n) is 2.90. The van der Waals surface area contributed by atoms with E-state index in [0.717, 1.165) is 5.56 Å². The van der Waals surface area contributed by atoms with E-state index in [1.807, 2.05) is 25.1 Å². The Morgan fingerprint density at radius 3 is 2.61 bits per heavy atom. The van der Waals surface area contributed by atoms with Crippen molar-refractivity contribution in [2.24, 2.45) is 17.3 Å². The Hall–Kier alpha value is -3.14. The molecular formula is C21H28N4O5S. The number of hydrogen-bond acceptors (Lipinski definition) is 6. The number of benzene rings is 1. The van der Waals surface area contributed by atoms with Crippen LogP contribution in [-0.4, -0.2) is 38.9 Å². The number of allylic oxidation sites excluding steroid dienone is 1. The number of amides is 2. The standard InChI is InChI=1S/C21H28N4O5S/c1-6-10-15(2)14-31(28,23-19(26)18-13-25(4)22-20(18)29-5)24-21(27)30-16(3)17-11-8-7-9-12-17/h6-9,11-13,15-16H,1,10,14H2,2-5H3,(H,23,24,26,27,28)/t15-,16-,31?/m0/s1. The molecule has 0 aliphatic rings. The van der Waals surface area contributed by atoms with Crippen molar-refractivity contribution in [2.75, 3.05) is 12.9 Å². The molecule has 0 saturated heterocycles. The summed E-state index contributed by atoms with van der Waals surface area (Å²) in [7, 11) is -0.499. The van der Waals surface area contributed by atoms with Gasteiger partial charge in [-0.15, -0.1) is 16.0 Å². The lowest BCUT2D eigenvalue weighted by atomic mass is 10.1. The SMILES string of the molecule is C=CC[C@H](C)CS(=O)(=NC(=O)O[C@@H](C)c1ccccc1)NC(=O)c1cn(C)nc1OC. The molecule has 2 aromatic rings. The van der Waals surface area contributed by atoms with Gasteiger partial charge in [0.1, 0.15) is 21.6 Å². The Bertz CT molecular complexity index is 1040. The van der Waals surface area contributed by atoms with Crippen molar-refractivity contribution < 1.29 is 23.3 Å². The normalized spacial score (nSPS) is 14.6. The zero-order valence-corrected chi connectivity index (χ0v) is 18.9. The number of carbonyl (C=O) groups is 2. The van der Waals surface area contributed by atoms with Crippen LogP contribution in [-0.2, 0) is 21.7 Å². The first kappa shape index (κ1) is 24.1. The average molecular weight is 449 g/mol. The van der Waals surface area contributed by atoms with Crippen LogP contribution in [0.25, 0.3) is 0 Å². The van der Waals surface area contributed by atoms with E-state index in [-0.39, 0.29) is 23.1 Å². The maximum Gasteiger partial charge on any atom is 0.443 e. The number of carbonyl (C=O) groups excluding carboxylic acids is 2. The van der Waals surface area contributed by atoms with Gasteiger partial charge in [-0.25, -0.2) is 9.00 Å². The molecule has 0 spiro atoms. The fraction of sp³-hybridized carbons (Fsp3) is 0.381. The third kappa shape index (κ3) is 6.95. The Labute approximate surface area is 182 Å². The molecule has 1 N–H and O–H groups in total. The van der Waals surface area contributed by atoms with E-state index in [4.69, 9.17) is 9.47 Å². The lowest BCUT2D eigenvalue weighted by molar-refractivity contribution is 0.0979. The highest BCUT2D eigenvalue weighted by Crippen LogP contribution is 2.19. The lowest BCUT2D eigenvalue weighted by Crippen LogP contribution is -2.35. The van der Waals surface area contributed by atoms with Crippen molar-refractivity contribution in [2.45, 2.75) is 26.4 Å². The summed E-state index contributed by atoms with van der Waals surface area (Å²) < 4.78 is 31.4. The van der Waals surface area contributed by atoms with Crippen molar-refractivity contribution in [1.29, 1.82) is 0 Å². The second-order valence-corrected chi connectivity index (χ2v) is 9.12. The third-order valence-electron chi connectivity index (χ3n) is 4.33. The predicted octanol–water partition coefficient (Wildman–Crippen LogP) is 3.65. The van der Waals surface area contributed by atoms with Crippen molar-refractivity contribution in [1.82, 2.24) is 14.5 Å². The van der Waals surface area contributed by atoms with Crippen LogP contribution in [0.4, 0.5) is 4.79 Å². The average Bonchev–Trinajstić information content (AvgIpc) is 3.09. The van der Waals surface area contributed by atoms with Crippen molar-refractivity contribution >= 4 is 21.9 Å². The number of rotatable bonds is 9. The van der Waals surface area contributed by atoms with Gasteiger partial charge in [0, 0.05) is 13.2 Å². The van der Waals surface area contributed by atoms with Gasteiger partial charge in [-0.3, -0.25) is 14.2 Å². The zero-order valence-electron chi connectivity index (χ0n) is 18.1. The number of methoxy groups -OCH3 is 1. The Kier molecular flexibility index (Phi) is 8.38. The first-order valence-electron chi connectivity index (χ1n) is 9.68. The van der Waals surface area contributed by atoms with Crippen LogP contribution in [0.1, 0.15) is 42.3 Å². The summed E-state index contributed by atoms with van der Waals surface area (Å²) in [5.74, 6) is -0.846. The second kappa shape index (κ2) is 10.8. The Morgan fingerprint density at radius 2 is 2.00 bits per heavy atom. The molecule has 0 fully saturated rings. The minimum absolute atomic E-state index is 0.0534. The predicted molar refractivity (Wildman–Crippen MR) is 118 cm³/mol. The van der Waals surface area contributed by atoms with Crippen molar-refractivity contribution in [3.05, 3.63) is 60.3 Å². The number of nitrogens with one attached hydrogen (secondary N) is 1. The number of nitrogens with zero attached hydrogens (tertiary/aromatic N) is 3. The van der Waals surface area contributed by atoms with Crippen LogP contribution in [0.15, 0.2) is 53.5 Å². The monoisotopic (exact) mass is 448 g/mol. The summed E-state index contributed by atoms with van der Waals surface area (Å²) in [6.45, 7) is 7.18. The Balaban J connectivity index is 2.29. The number of hydrogen-bond donors (Lipinski definition) is 1. The maximum atomic E-state index is 13.5. The van der Waals surface area contributed by atoms with E-state index in [1.165, 1.54) is 18.0 Å². The number of aromatic nitrogens is 2. The van der Waals surface area contributed by atoms with Crippen LogP contribution < -0.4 is 9.46 Å². The van der Waals surface area contributed by atoms with Crippen molar-refractivity contribution in [3.8, 4) is 5.88 Å².